The molecule has 0 aromatic carbocycles. The molecule has 3 N–H and O–H groups in total. The first-order valence-corrected chi connectivity index (χ1v) is 5.35. The average molecular weight is 205 g/mol. The Balaban J connectivity index is 2.74. The first kappa shape index (κ1) is 10.8. The van der Waals surface area contributed by atoms with Crippen LogP contribution < -0.4 is 5.14 Å². The van der Waals surface area contributed by atoms with Crippen LogP contribution in [0.3, 0.4) is 0 Å². The van der Waals surface area contributed by atoms with E-state index in [4.69, 9.17) is 9.88 Å². The summed E-state index contributed by atoms with van der Waals surface area (Å²) in [6.07, 6.45) is 1.46. The molecule has 1 rings (SSSR count). The molecule has 0 fully saturated rings. The molecule has 0 spiro atoms. The van der Waals surface area contributed by atoms with Gasteiger partial charge in [-0.2, -0.15) is 0 Å². The van der Waals surface area contributed by atoms with Crippen molar-refractivity contribution in [3.05, 3.63) is 11.8 Å². The van der Waals surface area contributed by atoms with Crippen LogP contribution in [0.25, 0.3) is 0 Å². The quantitative estimate of drug-likeness (QED) is 0.634. The summed E-state index contributed by atoms with van der Waals surface area (Å²) in [5.74, 6) is -0.106. The maximum Gasteiger partial charge on any atom is 0.278 e. The van der Waals surface area contributed by atoms with E-state index in [0.717, 1.165) is 5.57 Å². The number of rotatable bonds is 2. The van der Waals surface area contributed by atoms with Gasteiger partial charge in [-0.3, -0.25) is 0 Å². The highest BCUT2D eigenvalue weighted by atomic mass is 32.2. The lowest BCUT2D eigenvalue weighted by atomic mass is 9.90. The van der Waals surface area contributed by atoms with E-state index in [9.17, 15) is 9.66 Å². The topological polar surface area (TPSA) is 78.5 Å². The second kappa shape index (κ2) is 3.49. The van der Waals surface area contributed by atoms with E-state index in [1.165, 1.54) is 6.26 Å². The van der Waals surface area contributed by atoms with Gasteiger partial charge in [0.2, 0.25) is 0 Å². The van der Waals surface area contributed by atoms with Crippen molar-refractivity contribution in [2.75, 3.05) is 0 Å². The largest absolute Gasteiger partial charge is 0.595 e. The summed E-state index contributed by atoms with van der Waals surface area (Å²) in [6, 6.07) is 0. The second-order valence-electron chi connectivity index (χ2n) is 3.75. The van der Waals surface area contributed by atoms with E-state index in [-0.39, 0.29) is 5.92 Å². The number of ether oxygens (including phenoxy) is 1. The van der Waals surface area contributed by atoms with Gasteiger partial charge in [-0.05, 0) is 20.8 Å². The van der Waals surface area contributed by atoms with Crippen LogP contribution in [0.15, 0.2) is 11.8 Å². The summed E-state index contributed by atoms with van der Waals surface area (Å²) in [7, 11) is 0. The Morgan fingerprint density at radius 2 is 2.23 bits per heavy atom. The predicted octanol–water partition coefficient (Wildman–Crippen LogP) is 0.256. The van der Waals surface area contributed by atoms with Gasteiger partial charge in [-0.1, -0.05) is 0 Å². The molecule has 0 radical (unpaired) electrons. The van der Waals surface area contributed by atoms with Gasteiger partial charge in [-0.25, -0.2) is 0 Å². The van der Waals surface area contributed by atoms with Crippen LogP contribution in [0.5, 0.6) is 0 Å². The lowest BCUT2D eigenvalue weighted by Crippen LogP contribution is -2.36. The zero-order valence-corrected chi connectivity index (χ0v) is 8.80. The third kappa shape index (κ3) is 2.17. The van der Waals surface area contributed by atoms with Gasteiger partial charge in [-0.15, -0.1) is 5.14 Å². The van der Waals surface area contributed by atoms with Crippen LogP contribution >= 0.6 is 0 Å². The van der Waals surface area contributed by atoms with Gasteiger partial charge in [0.05, 0.1) is 29.1 Å². The van der Waals surface area contributed by atoms with Gasteiger partial charge in [0.15, 0.2) is 0 Å². The van der Waals surface area contributed by atoms with Gasteiger partial charge >= 0.3 is 0 Å². The highest BCUT2D eigenvalue weighted by Crippen LogP contribution is 2.34. The molecule has 3 unspecified atom stereocenters. The fourth-order valence-electron chi connectivity index (χ4n) is 1.47. The summed E-state index contributed by atoms with van der Waals surface area (Å²) in [5, 5.41) is 14.9. The van der Waals surface area contributed by atoms with Gasteiger partial charge in [0.1, 0.15) is 0 Å². The summed E-state index contributed by atoms with van der Waals surface area (Å²) in [5.41, 5.74) is -0.731. The van der Waals surface area contributed by atoms with Crippen molar-refractivity contribution in [3.63, 3.8) is 0 Å². The standard InChI is InChI=1S/C8H15NO3S/c1-5-6(8(2,3)10)4-12-7(5)13(9)11/h4-5,7,10H,9H2,1-3H3. The Hall–Kier alpha value is -0.230. The van der Waals surface area contributed by atoms with Gasteiger partial charge in [0.25, 0.3) is 5.44 Å². The van der Waals surface area contributed by atoms with Crippen molar-refractivity contribution in [3.8, 4) is 0 Å². The highest BCUT2D eigenvalue weighted by molar-refractivity contribution is 7.89. The van der Waals surface area contributed by atoms with E-state index in [1.807, 2.05) is 6.92 Å². The van der Waals surface area contributed by atoms with Crippen molar-refractivity contribution in [2.45, 2.75) is 31.8 Å². The zero-order chi connectivity index (χ0) is 10.2. The first-order valence-electron chi connectivity index (χ1n) is 4.07. The molecule has 0 bridgehead atoms. The van der Waals surface area contributed by atoms with Crippen molar-refractivity contribution in [1.29, 1.82) is 0 Å². The number of hydrogen-bond acceptors (Lipinski definition) is 4. The van der Waals surface area contributed by atoms with Crippen LogP contribution in [-0.4, -0.2) is 20.7 Å². The van der Waals surface area contributed by atoms with E-state index >= 15 is 0 Å². The van der Waals surface area contributed by atoms with Crippen molar-refractivity contribution < 1.29 is 14.4 Å². The fourth-order valence-corrected chi connectivity index (χ4v) is 2.18. The molecular formula is C8H15NO3S. The highest BCUT2D eigenvalue weighted by Gasteiger charge is 2.41. The molecule has 1 aliphatic rings. The Morgan fingerprint density at radius 3 is 2.46 bits per heavy atom. The molecule has 76 valence electrons. The van der Waals surface area contributed by atoms with E-state index in [2.05, 4.69) is 0 Å². The van der Waals surface area contributed by atoms with E-state index in [1.54, 1.807) is 13.8 Å². The SMILES string of the molecule is CC1C(C(C)(C)O)=COC1[S+](N)[O-]. The molecule has 3 atom stereocenters. The lowest BCUT2D eigenvalue weighted by molar-refractivity contribution is 0.109. The van der Waals surface area contributed by atoms with Crippen LogP contribution in [0, 0.1) is 5.92 Å². The number of hydrogen-bond donors (Lipinski definition) is 2. The molecule has 0 amide bonds. The van der Waals surface area contributed by atoms with Gasteiger partial charge in [0, 0.05) is 5.57 Å². The molecule has 4 nitrogen and oxygen atoms in total. The fraction of sp³-hybridized carbons (Fsp3) is 0.750. The first-order chi connectivity index (χ1) is 5.84. The zero-order valence-electron chi connectivity index (χ0n) is 7.98. The van der Waals surface area contributed by atoms with E-state index < -0.39 is 22.4 Å². The monoisotopic (exact) mass is 205 g/mol. The molecule has 5 heteroatoms. The average Bonchev–Trinajstić information content (AvgIpc) is 2.28. The van der Waals surface area contributed by atoms with Crippen molar-refractivity contribution in [1.82, 2.24) is 0 Å². The lowest BCUT2D eigenvalue weighted by Gasteiger charge is -2.23. The van der Waals surface area contributed by atoms with Gasteiger partial charge < -0.3 is 14.4 Å². The summed E-state index contributed by atoms with van der Waals surface area (Å²) in [4.78, 5) is 0. The Labute approximate surface area is 81.1 Å². The van der Waals surface area contributed by atoms with Crippen LogP contribution in [0.1, 0.15) is 20.8 Å². The van der Waals surface area contributed by atoms with Crippen LogP contribution in [0.4, 0.5) is 0 Å². The third-order valence-electron chi connectivity index (χ3n) is 2.16. The summed E-state index contributed by atoms with van der Waals surface area (Å²) in [6.45, 7) is 5.17. The second-order valence-corrected chi connectivity index (χ2v) is 4.88. The molecule has 0 aliphatic carbocycles. The molecule has 1 heterocycles. The summed E-state index contributed by atoms with van der Waals surface area (Å²) < 4.78 is 16.1. The normalized spacial score (nSPS) is 31.1. The minimum atomic E-state index is -1.51. The molecular weight excluding hydrogens is 190 g/mol. The van der Waals surface area contributed by atoms with Crippen LogP contribution in [0.2, 0.25) is 0 Å². The Bertz CT molecular complexity index is 222. The molecule has 0 aromatic rings. The van der Waals surface area contributed by atoms with Crippen molar-refractivity contribution >= 4 is 11.4 Å². The molecule has 13 heavy (non-hydrogen) atoms. The summed E-state index contributed by atoms with van der Waals surface area (Å²) >= 11 is -1.51. The minimum absolute atomic E-state index is 0.106. The Kier molecular flexibility index (Phi) is 2.91. The van der Waals surface area contributed by atoms with Crippen LogP contribution in [-0.2, 0) is 16.1 Å². The molecule has 0 aromatic heterocycles. The predicted molar refractivity (Wildman–Crippen MR) is 50.7 cm³/mol. The molecule has 1 aliphatic heterocycles. The number of aliphatic hydroxyl groups is 1. The maximum absolute atomic E-state index is 11.0. The van der Waals surface area contributed by atoms with Crippen molar-refractivity contribution in [2.24, 2.45) is 11.1 Å². The molecule has 0 saturated carbocycles. The smallest absolute Gasteiger partial charge is 0.278 e. The molecule has 0 saturated heterocycles. The minimum Gasteiger partial charge on any atom is -0.595 e. The van der Waals surface area contributed by atoms with E-state index in [0.29, 0.717) is 0 Å². The number of nitrogens with two attached hydrogens (primary N) is 1. The Morgan fingerprint density at radius 1 is 1.69 bits per heavy atom. The maximum atomic E-state index is 11.0. The third-order valence-corrected chi connectivity index (χ3v) is 3.14.